The van der Waals surface area contributed by atoms with E-state index < -0.39 is 0 Å². The molecule has 1 aliphatic rings. The van der Waals surface area contributed by atoms with Crippen molar-refractivity contribution in [3.8, 4) is 0 Å². The first kappa shape index (κ1) is 26.4. The van der Waals surface area contributed by atoms with E-state index in [9.17, 15) is 14.4 Å². The van der Waals surface area contributed by atoms with Crippen LogP contribution in [0.4, 0.5) is 5.69 Å². The van der Waals surface area contributed by atoms with Gasteiger partial charge < -0.3 is 10.6 Å². The van der Waals surface area contributed by atoms with Gasteiger partial charge >= 0.3 is 0 Å². The van der Waals surface area contributed by atoms with Gasteiger partial charge in [0.1, 0.15) is 6.61 Å². The Morgan fingerprint density at radius 2 is 1.80 bits per heavy atom. The first-order valence-corrected chi connectivity index (χ1v) is 12.5. The van der Waals surface area contributed by atoms with E-state index in [2.05, 4.69) is 10.6 Å². The molecule has 0 spiro atoms. The van der Waals surface area contributed by atoms with Crippen LogP contribution in [0, 0.1) is 0 Å². The standard InChI is InChI=1S/C28H37N3O4/c1-4-31(35-20-21-12-8-7-9-13-21)26(33)14-10-5-6-11-17-29-27(34)22-15-16-24-23(18-22)28(2,3)19-25(32)30-24/h7-9,12-13,15-16,18H,4-6,10-11,14,17,19-20H2,1-3H3,(H,29,34)(H,30,32). The number of unbranched alkanes of at least 4 members (excludes halogenated alkanes) is 3. The molecular weight excluding hydrogens is 442 g/mol. The molecule has 188 valence electrons. The summed E-state index contributed by atoms with van der Waals surface area (Å²) >= 11 is 0. The highest BCUT2D eigenvalue weighted by Crippen LogP contribution is 2.37. The smallest absolute Gasteiger partial charge is 0.251 e. The molecule has 2 aromatic rings. The number of anilines is 1. The van der Waals surface area contributed by atoms with Gasteiger partial charge in [-0.15, -0.1) is 0 Å². The Morgan fingerprint density at radius 3 is 2.54 bits per heavy atom. The molecule has 0 aromatic heterocycles. The van der Waals surface area contributed by atoms with E-state index in [0.29, 0.717) is 38.1 Å². The fourth-order valence-corrected chi connectivity index (χ4v) is 4.30. The lowest BCUT2D eigenvalue weighted by atomic mass is 9.77. The molecule has 7 nitrogen and oxygen atoms in total. The number of hydrogen-bond acceptors (Lipinski definition) is 4. The van der Waals surface area contributed by atoms with Gasteiger partial charge in [-0.05, 0) is 49.1 Å². The van der Waals surface area contributed by atoms with E-state index in [1.54, 1.807) is 6.07 Å². The largest absolute Gasteiger partial charge is 0.352 e. The molecule has 2 aromatic carbocycles. The molecule has 2 N–H and O–H groups in total. The molecule has 0 fully saturated rings. The van der Waals surface area contributed by atoms with Crippen molar-refractivity contribution in [2.45, 2.75) is 71.3 Å². The highest BCUT2D eigenvalue weighted by Gasteiger charge is 2.32. The predicted octanol–water partition coefficient (Wildman–Crippen LogP) is 4.97. The molecule has 1 heterocycles. The number of amides is 3. The summed E-state index contributed by atoms with van der Waals surface area (Å²) in [6, 6.07) is 15.2. The van der Waals surface area contributed by atoms with Crippen molar-refractivity contribution in [1.29, 1.82) is 0 Å². The quantitative estimate of drug-likeness (QED) is 0.332. The average Bonchev–Trinajstić information content (AvgIpc) is 2.83. The normalized spacial score (nSPS) is 14.1. The van der Waals surface area contributed by atoms with Crippen LogP contribution in [0.5, 0.6) is 0 Å². The van der Waals surface area contributed by atoms with Gasteiger partial charge in [0.15, 0.2) is 0 Å². The number of rotatable bonds is 12. The van der Waals surface area contributed by atoms with Crippen LogP contribution in [0.15, 0.2) is 48.5 Å². The monoisotopic (exact) mass is 479 g/mol. The topological polar surface area (TPSA) is 87.7 Å². The summed E-state index contributed by atoms with van der Waals surface area (Å²) in [4.78, 5) is 42.5. The molecular formula is C28H37N3O4. The summed E-state index contributed by atoms with van der Waals surface area (Å²) < 4.78 is 0. The lowest BCUT2D eigenvalue weighted by molar-refractivity contribution is -0.190. The summed E-state index contributed by atoms with van der Waals surface area (Å²) in [5.74, 6) is -0.100. The lowest BCUT2D eigenvalue weighted by Gasteiger charge is -2.32. The van der Waals surface area contributed by atoms with Crippen molar-refractivity contribution in [2.75, 3.05) is 18.4 Å². The second-order valence-corrected chi connectivity index (χ2v) is 9.64. The van der Waals surface area contributed by atoms with Crippen LogP contribution in [0.25, 0.3) is 0 Å². The van der Waals surface area contributed by atoms with Crippen molar-refractivity contribution in [1.82, 2.24) is 10.4 Å². The number of fused-ring (bicyclic) bond motifs is 1. The third-order valence-electron chi connectivity index (χ3n) is 6.29. The number of carbonyl (C=O) groups is 3. The van der Waals surface area contributed by atoms with Crippen molar-refractivity contribution < 1.29 is 19.2 Å². The van der Waals surface area contributed by atoms with Crippen molar-refractivity contribution in [3.63, 3.8) is 0 Å². The predicted molar refractivity (Wildman–Crippen MR) is 137 cm³/mol. The Kier molecular flexibility index (Phi) is 9.43. The third kappa shape index (κ3) is 7.65. The zero-order valence-electron chi connectivity index (χ0n) is 21.1. The van der Waals surface area contributed by atoms with Crippen LogP contribution >= 0.6 is 0 Å². The third-order valence-corrected chi connectivity index (χ3v) is 6.29. The second-order valence-electron chi connectivity index (χ2n) is 9.64. The Morgan fingerprint density at radius 1 is 1.06 bits per heavy atom. The van der Waals surface area contributed by atoms with Crippen molar-refractivity contribution >= 4 is 23.4 Å². The fraction of sp³-hybridized carbons (Fsp3) is 0.464. The summed E-state index contributed by atoms with van der Waals surface area (Å²) in [6.45, 7) is 7.44. The number of nitrogens with zero attached hydrogens (tertiary/aromatic N) is 1. The number of hydroxylamine groups is 2. The Bertz CT molecular complexity index is 1020. The first-order chi connectivity index (χ1) is 16.8. The van der Waals surface area contributed by atoms with Crippen LogP contribution in [-0.2, 0) is 26.4 Å². The van der Waals surface area contributed by atoms with E-state index >= 15 is 0 Å². The number of carbonyl (C=O) groups excluding carboxylic acids is 3. The highest BCUT2D eigenvalue weighted by molar-refractivity contribution is 5.98. The van der Waals surface area contributed by atoms with E-state index in [1.165, 1.54) is 5.06 Å². The van der Waals surface area contributed by atoms with Crippen LogP contribution in [0.3, 0.4) is 0 Å². The molecule has 0 aliphatic carbocycles. The molecule has 0 saturated carbocycles. The summed E-state index contributed by atoms with van der Waals surface area (Å²) in [7, 11) is 0. The van der Waals surface area contributed by atoms with Gasteiger partial charge in [-0.1, -0.05) is 57.0 Å². The van der Waals surface area contributed by atoms with E-state index in [1.807, 2.05) is 63.2 Å². The maximum Gasteiger partial charge on any atom is 0.251 e. The molecule has 0 bridgehead atoms. The van der Waals surface area contributed by atoms with Crippen LogP contribution < -0.4 is 10.6 Å². The zero-order chi connectivity index (χ0) is 25.3. The van der Waals surface area contributed by atoms with E-state index in [4.69, 9.17) is 4.84 Å². The maximum atomic E-state index is 12.6. The Balaban J connectivity index is 1.32. The minimum Gasteiger partial charge on any atom is -0.352 e. The molecule has 0 atom stereocenters. The van der Waals surface area contributed by atoms with Gasteiger partial charge in [0.05, 0.1) is 0 Å². The Hall–Kier alpha value is -3.19. The summed E-state index contributed by atoms with van der Waals surface area (Å²) in [6.07, 6.45) is 4.37. The number of hydrogen-bond donors (Lipinski definition) is 2. The van der Waals surface area contributed by atoms with Gasteiger partial charge in [0.2, 0.25) is 11.8 Å². The molecule has 0 saturated heterocycles. The van der Waals surface area contributed by atoms with Gasteiger partial charge in [-0.2, -0.15) is 0 Å². The minimum atomic E-state index is -0.300. The average molecular weight is 480 g/mol. The lowest BCUT2D eigenvalue weighted by Crippen LogP contribution is -2.33. The molecule has 0 radical (unpaired) electrons. The maximum absolute atomic E-state index is 12.6. The van der Waals surface area contributed by atoms with E-state index in [0.717, 1.165) is 42.5 Å². The molecule has 3 amide bonds. The van der Waals surface area contributed by atoms with Gasteiger partial charge in [0.25, 0.3) is 5.91 Å². The van der Waals surface area contributed by atoms with Crippen LogP contribution in [-0.4, -0.2) is 35.9 Å². The summed E-state index contributed by atoms with van der Waals surface area (Å²) in [5, 5.41) is 7.30. The molecule has 1 aliphatic heterocycles. The number of nitrogens with one attached hydrogen (secondary N) is 2. The highest BCUT2D eigenvalue weighted by atomic mass is 16.7. The number of benzene rings is 2. The van der Waals surface area contributed by atoms with Gasteiger partial charge in [-0.3, -0.25) is 19.2 Å². The first-order valence-electron chi connectivity index (χ1n) is 12.5. The Labute approximate surface area is 208 Å². The van der Waals surface area contributed by atoms with Crippen LogP contribution in [0.2, 0.25) is 0 Å². The molecule has 7 heteroatoms. The van der Waals surface area contributed by atoms with Gasteiger partial charge in [0, 0.05) is 42.6 Å². The molecule has 0 unspecified atom stereocenters. The van der Waals surface area contributed by atoms with Gasteiger partial charge in [-0.25, -0.2) is 5.06 Å². The van der Waals surface area contributed by atoms with Crippen molar-refractivity contribution in [3.05, 3.63) is 65.2 Å². The molecule has 35 heavy (non-hydrogen) atoms. The minimum absolute atomic E-state index is 0.00302. The fourth-order valence-electron chi connectivity index (χ4n) is 4.30. The second kappa shape index (κ2) is 12.5. The van der Waals surface area contributed by atoms with E-state index in [-0.39, 0.29) is 23.1 Å². The van der Waals surface area contributed by atoms with Crippen LogP contribution in [0.1, 0.15) is 80.8 Å². The molecule has 3 rings (SSSR count). The zero-order valence-corrected chi connectivity index (χ0v) is 21.1. The SMILES string of the molecule is CCN(OCc1ccccc1)C(=O)CCCCCCNC(=O)c1ccc2c(c1)C(C)(C)CC(=O)N2. The summed E-state index contributed by atoms with van der Waals surface area (Å²) in [5.41, 5.74) is 3.11. The van der Waals surface area contributed by atoms with Crippen molar-refractivity contribution in [2.24, 2.45) is 0 Å².